The molecular weight excluding hydrogens is 779 g/mol. The molecule has 1 aliphatic carbocycles. The van der Waals surface area contributed by atoms with Crippen LogP contribution in [0.1, 0.15) is 25.0 Å². The quantitative estimate of drug-likeness (QED) is 0.161. The molecule has 0 atom stereocenters. The van der Waals surface area contributed by atoms with Gasteiger partial charge in [-0.2, -0.15) is 0 Å². The fourth-order valence-electron chi connectivity index (χ4n) is 9.69. The monoisotopic (exact) mass is 819 g/mol. The maximum absolute atomic E-state index is 6.54. The minimum atomic E-state index is -0.0948. The molecule has 4 nitrogen and oxygen atoms in total. The summed E-state index contributed by atoms with van der Waals surface area (Å²) in [7, 11) is 0. The number of furan rings is 1. The van der Waals surface area contributed by atoms with Gasteiger partial charge in [-0.05, 0) is 97.1 Å². The van der Waals surface area contributed by atoms with E-state index < -0.39 is 0 Å². The molecule has 0 fully saturated rings. The number of hydrogen-bond acceptors (Lipinski definition) is 4. The molecule has 64 heavy (non-hydrogen) atoms. The highest BCUT2D eigenvalue weighted by Gasteiger charge is 2.35. The topological polar surface area (TPSA) is 51.8 Å². The Morgan fingerprint density at radius 1 is 0.312 bits per heavy atom. The fraction of sp³-hybridized carbons (Fsp3) is 0.0500. The van der Waals surface area contributed by atoms with Crippen LogP contribution in [0.15, 0.2) is 217 Å². The van der Waals surface area contributed by atoms with Crippen LogP contribution in [-0.2, 0) is 5.41 Å². The highest BCUT2D eigenvalue weighted by Crippen LogP contribution is 2.50. The second-order valence-corrected chi connectivity index (χ2v) is 17.2. The summed E-state index contributed by atoms with van der Waals surface area (Å²) in [4.78, 5) is 14.8. The fourth-order valence-corrected chi connectivity index (χ4v) is 9.69. The molecule has 1 aliphatic rings. The summed E-state index contributed by atoms with van der Waals surface area (Å²) < 4.78 is 6.54. The molecular formula is C60H41N3O. The maximum Gasteiger partial charge on any atom is 0.164 e. The lowest BCUT2D eigenvalue weighted by Gasteiger charge is -2.22. The average Bonchev–Trinajstić information content (AvgIpc) is 3.85. The van der Waals surface area contributed by atoms with Crippen molar-refractivity contribution in [1.82, 2.24) is 15.0 Å². The van der Waals surface area contributed by atoms with Crippen LogP contribution in [0.2, 0.25) is 0 Å². The molecule has 2 heterocycles. The molecule has 0 unspecified atom stereocenters. The number of hydrogen-bond donors (Lipinski definition) is 0. The second kappa shape index (κ2) is 15.0. The van der Waals surface area contributed by atoms with Gasteiger partial charge in [0.15, 0.2) is 17.5 Å². The van der Waals surface area contributed by atoms with Crippen molar-refractivity contribution in [1.29, 1.82) is 0 Å². The van der Waals surface area contributed by atoms with Crippen molar-refractivity contribution in [3.8, 4) is 89.8 Å². The Balaban J connectivity index is 0.946. The Labute approximate surface area is 372 Å². The van der Waals surface area contributed by atoms with E-state index in [2.05, 4.69) is 166 Å². The lowest BCUT2D eigenvalue weighted by atomic mass is 9.81. The summed E-state index contributed by atoms with van der Waals surface area (Å²) >= 11 is 0. The molecule has 11 aromatic rings. The third kappa shape index (κ3) is 6.34. The zero-order valence-corrected chi connectivity index (χ0v) is 35.5. The molecule has 0 amide bonds. The van der Waals surface area contributed by atoms with Crippen molar-refractivity contribution in [2.75, 3.05) is 0 Å². The highest BCUT2D eigenvalue weighted by atomic mass is 16.3. The molecule has 9 aromatic carbocycles. The van der Waals surface area contributed by atoms with Gasteiger partial charge in [-0.25, -0.2) is 15.0 Å². The van der Waals surface area contributed by atoms with E-state index in [1.807, 2.05) is 60.7 Å². The molecule has 4 heteroatoms. The third-order valence-electron chi connectivity index (χ3n) is 13.0. The Morgan fingerprint density at radius 2 is 0.797 bits per heavy atom. The van der Waals surface area contributed by atoms with Gasteiger partial charge in [0.2, 0.25) is 0 Å². The minimum Gasteiger partial charge on any atom is -0.456 e. The largest absolute Gasteiger partial charge is 0.456 e. The summed E-state index contributed by atoms with van der Waals surface area (Å²) in [6.45, 7) is 4.70. The Hall–Kier alpha value is -8.21. The summed E-state index contributed by atoms with van der Waals surface area (Å²) in [6.07, 6.45) is 0. The van der Waals surface area contributed by atoms with Crippen LogP contribution in [0.4, 0.5) is 0 Å². The van der Waals surface area contributed by atoms with Crippen LogP contribution in [0.3, 0.4) is 0 Å². The van der Waals surface area contributed by atoms with Crippen LogP contribution in [0, 0.1) is 0 Å². The van der Waals surface area contributed by atoms with Crippen LogP contribution in [0.25, 0.3) is 112 Å². The smallest absolute Gasteiger partial charge is 0.164 e. The Bertz CT molecular complexity index is 3500. The van der Waals surface area contributed by atoms with E-state index in [9.17, 15) is 0 Å². The first-order valence-electron chi connectivity index (χ1n) is 21.8. The van der Waals surface area contributed by atoms with E-state index in [0.717, 1.165) is 60.9 Å². The molecule has 0 N–H and O–H groups in total. The van der Waals surface area contributed by atoms with Gasteiger partial charge in [0.05, 0.1) is 0 Å². The van der Waals surface area contributed by atoms with E-state index in [1.165, 1.54) is 44.5 Å². The van der Waals surface area contributed by atoms with Crippen molar-refractivity contribution >= 4 is 21.9 Å². The lowest BCUT2D eigenvalue weighted by molar-refractivity contribution is 0.660. The summed E-state index contributed by atoms with van der Waals surface area (Å²) in [5.74, 6) is 1.91. The van der Waals surface area contributed by atoms with Gasteiger partial charge in [-0.1, -0.05) is 196 Å². The van der Waals surface area contributed by atoms with Gasteiger partial charge in [0.25, 0.3) is 0 Å². The van der Waals surface area contributed by atoms with Gasteiger partial charge >= 0.3 is 0 Å². The predicted molar refractivity (Wildman–Crippen MR) is 263 cm³/mol. The molecule has 0 saturated carbocycles. The van der Waals surface area contributed by atoms with Crippen molar-refractivity contribution in [2.24, 2.45) is 0 Å². The van der Waals surface area contributed by atoms with Gasteiger partial charge < -0.3 is 4.42 Å². The van der Waals surface area contributed by atoms with Gasteiger partial charge in [0.1, 0.15) is 11.2 Å². The lowest BCUT2D eigenvalue weighted by Crippen LogP contribution is -2.14. The summed E-state index contributed by atoms with van der Waals surface area (Å²) in [5.41, 5.74) is 19.1. The molecule has 0 spiro atoms. The maximum atomic E-state index is 6.54. The molecule has 0 bridgehead atoms. The number of rotatable bonds is 7. The number of benzene rings is 9. The first kappa shape index (κ1) is 37.5. The predicted octanol–water partition coefficient (Wildman–Crippen LogP) is 15.7. The highest BCUT2D eigenvalue weighted by molar-refractivity contribution is 6.13. The van der Waals surface area contributed by atoms with E-state index in [-0.39, 0.29) is 5.41 Å². The number of aromatic nitrogens is 3. The van der Waals surface area contributed by atoms with Gasteiger partial charge in [-0.15, -0.1) is 0 Å². The Kier molecular flexibility index (Phi) is 8.80. The minimum absolute atomic E-state index is 0.0948. The van der Waals surface area contributed by atoms with E-state index in [1.54, 1.807) is 0 Å². The Morgan fingerprint density at radius 3 is 1.48 bits per heavy atom. The van der Waals surface area contributed by atoms with Crippen molar-refractivity contribution < 1.29 is 4.42 Å². The number of nitrogens with zero attached hydrogens (tertiary/aromatic N) is 3. The molecule has 2 aromatic heterocycles. The second-order valence-electron chi connectivity index (χ2n) is 17.2. The van der Waals surface area contributed by atoms with E-state index in [0.29, 0.717) is 17.5 Å². The van der Waals surface area contributed by atoms with E-state index >= 15 is 0 Å². The first-order valence-corrected chi connectivity index (χ1v) is 21.8. The summed E-state index contributed by atoms with van der Waals surface area (Å²) in [5, 5.41) is 2.17. The molecule has 302 valence electrons. The van der Waals surface area contributed by atoms with Crippen LogP contribution in [0.5, 0.6) is 0 Å². The van der Waals surface area contributed by atoms with Crippen LogP contribution in [-0.4, -0.2) is 15.0 Å². The molecule has 0 saturated heterocycles. The first-order chi connectivity index (χ1) is 31.5. The van der Waals surface area contributed by atoms with Crippen molar-refractivity contribution in [2.45, 2.75) is 19.3 Å². The van der Waals surface area contributed by atoms with Crippen molar-refractivity contribution in [3.05, 3.63) is 223 Å². The van der Waals surface area contributed by atoms with Gasteiger partial charge in [0, 0.05) is 32.9 Å². The standard InChI is InChI=1S/C60H41N3O/c1-60(2)52-23-13-12-21-48(52)49-33-30-45(37-53(49)60)50-35-43(29-32-46(50)38-15-6-3-7-16-38)44-31-34-54-51(36-44)56-47(22-14-24-55(56)64-54)39-25-27-42(28-26-39)59-62-57(40-17-8-4-9-18-40)61-58(63-59)41-19-10-5-11-20-41/h3-37H,1-2H3. The SMILES string of the molecule is CC1(C)c2ccccc2-c2ccc(-c3cc(-c4ccc5oc6cccc(-c7ccc(-c8nc(-c9ccccc9)nc(-c9ccccc9)n8)cc7)c6c5c4)ccc3-c3ccccc3)cc21. The average molecular weight is 820 g/mol. The molecule has 12 rings (SSSR count). The number of fused-ring (bicyclic) bond motifs is 6. The molecule has 0 radical (unpaired) electrons. The van der Waals surface area contributed by atoms with Crippen LogP contribution >= 0.6 is 0 Å². The molecule has 0 aliphatic heterocycles. The summed E-state index contributed by atoms with van der Waals surface area (Å²) in [6, 6.07) is 75.2. The van der Waals surface area contributed by atoms with Crippen molar-refractivity contribution in [3.63, 3.8) is 0 Å². The normalized spacial score (nSPS) is 12.7. The zero-order chi connectivity index (χ0) is 42.8. The van der Waals surface area contributed by atoms with Gasteiger partial charge in [-0.3, -0.25) is 0 Å². The third-order valence-corrected chi connectivity index (χ3v) is 13.0. The zero-order valence-electron chi connectivity index (χ0n) is 35.5. The van der Waals surface area contributed by atoms with Crippen LogP contribution < -0.4 is 0 Å². The van der Waals surface area contributed by atoms with E-state index in [4.69, 9.17) is 19.4 Å².